The fourth-order valence-electron chi connectivity index (χ4n) is 1.63. The lowest BCUT2D eigenvalue weighted by atomic mass is 10.2. The van der Waals surface area contributed by atoms with Crippen LogP contribution in [0.5, 0.6) is 0 Å². The van der Waals surface area contributed by atoms with Crippen LogP contribution in [-0.4, -0.2) is 31.1 Å². The average Bonchev–Trinajstić information content (AvgIpc) is 2.27. The predicted octanol–water partition coefficient (Wildman–Crippen LogP) is 0.952. The van der Waals surface area contributed by atoms with Crippen LogP contribution >= 0.6 is 0 Å². The van der Waals surface area contributed by atoms with E-state index in [2.05, 4.69) is 4.72 Å². The van der Waals surface area contributed by atoms with E-state index in [0.717, 1.165) is 6.07 Å². The van der Waals surface area contributed by atoms with Crippen LogP contribution in [0.15, 0.2) is 23.1 Å². The summed E-state index contributed by atoms with van der Waals surface area (Å²) in [5.41, 5.74) is 0.151. The van der Waals surface area contributed by atoms with Gasteiger partial charge in [0.25, 0.3) is 5.69 Å². The van der Waals surface area contributed by atoms with Gasteiger partial charge in [0.15, 0.2) is 0 Å². The minimum Gasteiger partial charge on any atom is -0.396 e. The van der Waals surface area contributed by atoms with Gasteiger partial charge >= 0.3 is 0 Å². The standard InChI is InChI=1S/C11H16N2O5S/c1-8-7-10(13(15)16)3-4-11(8)19(17,18)12-9(2)5-6-14/h3-4,7,9,12,14H,5-6H2,1-2H3. The fraction of sp³-hybridized carbons (Fsp3) is 0.455. The van der Waals surface area contributed by atoms with Gasteiger partial charge in [-0.1, -0.05) is 0 Å². The number of aliphatic hydroxyl groups excluding tert-OH is 1. The number of nitro groups is 1. The molecule has 19 heavy (non-hydrogen) atoms. The van der Waals surface area contributed by atoms with Gasteiger partial charge in [-0.15, -0.1) is 0 Å². The molecule has 0 saturated heterocycles. The summed E-state index contributed by atoms with van der Waals surface area (Å²) in [6.07, 6.45) is 0.297. The largest absolute Gasteiger partial charge is 0.396 e. The first-order valence-corrected chi connectivity index (χ1v) is 7.14. The van der Waals surface area contributed by atoms with Crippen molar-refractivity contribution in [2.45, 2.75) is 31.2 Å². The summed E-state index contributed by atoms with van der Waals surface area (Å²) in [4.78, 5) is 10.0. The quantitative estimate of drug-likeness (QED) is 0.598. The number of non-ortho nitro benzene ring substituents is 1. The average molecular weight is 288 g/mol. The predicted molar refractivity (Wildman–Crippen MR) is 69.3 cm³/mol. The van der Waals surface area contributed by atoms with E-state index in [4.69, 9.17) is 5.11 Å². The molecule has 2 N–H and O–H groups in total. The van der Waals surface area contributed by atoms with Crippen molar-refractivity contribution in [3.63, 3.8) is 0 Å². The summed E-state index contributed by atoms with van der Waals surface area (Å²) in [5.74, 6) is 0. The molecular weight excluding hydrogens is 272 g/mol. The van der Waals surface area contributed by atoms with Crippen molar-refractivity contribution >= 4 is 15.7 Å². The van der Waals surface area contributed by atoms with Gasteiger partial charge in [-0.05, 0) is 31.9 Å². The highest BCUT2D eigenvalue weighted by Gasteiger charge is 2.21. The number of nitrogens with zero attached hydrogens (tertiary/aromatic N) is 1. The SMILES string of the molecule is Cc1cc([N+](=O)[O-])ccc1S(=O)(=O)NC(C)CCO. The van der Waals surface area contributed by atoms with Crippen LogP contribution in [0.4, 0.5) is 5.69 Å². The molecule has 0 spiro atoms. The third kappa shape index (κ3) is 3.98. The van der Waals surface area contributed by atoms with Crippen molar-refractivity contribution in [1.29, 1.82) is 0 Å². The van der Waals surface area contributed by atoms with Crippen LogP contribution in [0.3, 0.4) is 0 Å². The highest BCUT2D eigenvalue weighted by Crippen LogP contribution is 2.21. The molecular formula is C11H16N2O5S. The Bertz CT molecular complexity index is 570. The molecule has 1 aromatic carbocycles. The molecule has 0 aromatic heterocycles. The van der Waals surface area contributed by atoms with Crippen molar-refractivity contribution in [2.24, 2.45) is 0 Å². The summed E-state index contributed by atoms with van der Waals surface area (Å²) >= 11 is 0. The van der Waals surface area contributed by atoms with E-state index in [0.29, 0.717) is 12.0 Å². The molecule has 1 rings (SSSR count). The van der Waals surface area contributed by atoms with Gasteiger partial charge in [0.1, 0.15) is 0 Å². The lowest BCUT2D eigenvalue weighted by molar-refractivity contribution is -0.385. The number of aliphatic hydroxyl groups is 1. The van der Waals surface area contributed by atoms with Crippen molar-refractivity contribution in [3.05, 3.63) is 33.9 Å². The van der Waals surface area contributed by atoms with Crippen molar-refractivity contribution < 1.29 is 18.4 Å². The molecule has 0 aliphatic rings. The number of nitro benzene ring substituents is 1. The van der Waals surface area contributed by atoms with Crippen LogP contribution in [0.25, 0.3) is 0 Å². The molecule has 1 aromatic rings. The van der Waals surface area contributed by atoms with Crippen LogP contribution in [0.2, 0.25) is 0 Å². The molecule has 0 fully saturated rings. The highest BCUT2D eigenvalue weighted by molar-refractivity contribution is 7.89. The Morgan fingerprint density at radius 3 is 2.58 bits per heavy atom. The molecule has 0 aliphatic carbocycles. The number of hydrogen-bond donors (Lipinski definition) is 2. The monoisotopic (exact) mass is 288 g/mol. The second kappa shape index (κ2) is 6.09. The van der Waals surface area contributed by atoms with E-state index in [1.807, 2.05) is 0 Å². The van der Waals surface area contributed by atoms with Gasteiger partial charge < -0.3 is 5.11 Å². The second-order valence-electron chi connectivity index (χ2n) is 4.24. The van der Waals surface area contributed by atoms with Crippen LogP contribution < -0.4 is 4.72 Å². The first kappa shape index (κ1) is 15.5. The van der Waals surface area contributed by atoms with E-state index in [1.165, 1.54) is 19.1 Å². The summed E-state index contributed by atoms with van der Waals surface area (Å²) < 4.78 is 26.5. The van der Waals surface area contributed by atoms with Gasteiger partial charge in [0.2, 0.25) is 10.0 Å². The molecule has 1 atom stereocenters. The second-order valence-corrected chi connectivity index (χ2v) is 5.92. The van der Waals surface area contributed by atoms with Gasteiger partial charge in [0.05, 0.1) is 9.82 Å². The summed E-state index contributed by atoms with van der Waals surface area (Å²) in [6.45, 7) is 3.01. The van der Waals surface area contributed by atoms with Crippen molar-refractivity contribution in [1.82, 2.24) is 4.72 Å². The maximum Gasteiger partial charge on any atom is 0.269 e. The number of rotatable bonds is 6. The van der Waals surface area contributed by atoms with E-state index in [1.54, 1.807) is 6.92 Å². The molecule has 0 bridgehead atoms. The lowest BCUT2D eigenvalue weighted by Crippen LogP contribution is -2.33. The molecule has 0 amide bonds. The highest BCUT2D eigenvalue weighted by atomic mass is 32.2. The van der Waals surface area contributed by atoms with Gasteiger partial charge in [0, 0.05) is 24.8 Å². The minimum absolute atomic E-state index is 0.00268. The number of hydrogen-bond acceptors (Lipinski definition) is 5. The molecule has 8 heteroatoms. The topological polar surface area (TPSA) is 110 Å². The zero-order valence-electron chi connectivity index (χ0n) is 10.7. The molecule has 7 nitrogen and oxygen atoms in total. The maximum atomic E-state index is 12.1. The van der Waals surface area contributed by atoms with E-state index in [9.17, 15) is 18.5 Å². The van der Waals surface area contributed by atoms with Crippen molar-refractivity contribution in [3.8, 4) is 0 Å². The molecule has 0 heterocycles. The van der Waals surface area contributed by atoms with E-state index in [-0.39, 0.29) is 17.2 Å². The molecule has 0 saturated carbocycles. The van der Waals surface area contributed by atoms with Crippen LogP contribution in [0.1, 0.15) is 18.9 Å². The Morgan fingerprint density at radius 1 is 1.47 bits per heavy atom. The molecule has 0 aliphatic heterocycles. The number of sulfonamides is 1. The van der Waals surface area contributed by atoms with Gasteiger partial charge in [-0.25, -0.2) is 13.1 Å². The molecule has 1 unspecified atom stereocenters. The fourth-order valence-corrected chi connectivity index (χ4v) is 3.13. The summed E-state index contributed by atoms with van der Waals surface area (Å²) in [5, 5.41) is 19.3. The third-order valence-electron chi connectivity index (χ3n) is 2.58. The van der Waals surface area contributed by atoms with Crippen LogP contribution in [-0.2, 0) is 10.0 Å². The first-order valence-electron chi connectivity index (χ1n) is 5.66. The maximum absolute atomic E-state index is 12.1. The normalized spacial score (nSPS) is 13.2. The summed E-state index contributed by atoms with van der Waals surface area (Å²) in [6, 6.07) is 3.16. The summed E-state index contributed by atoms with van der Waals surface area (Å²) in [7, 11) is -3.74. The van der Waals surface area contributed by atoms with E-state index < -0.39 is 21.0 Å². The number of benzene rings is 1. The Morgan fingerprint density at radius 2 is 2.11 bits per heavy atom. The first-order chi connectivity index (χ1) is 8.77. The van der Waals surface area contributed by atoms with Gasteiger partial charge in [-0.2, -0.15) is 0 Å². The Labute approximate surface area is 111 Å². The van der Waals surface area contributed by atoms with Gasteiger partial charge in [-0.3, -0.25) is 10.1 Å². The Hall–Kier alpha value is -1.51. The lowest BCUT2D eigenvalue weighted by Gasteiger charge is -2.14. The minimum atomic E-state index is -3.74. The molecule has 106 valence electrons. The Balaban J connectivity index is 3.05. The number of nitrogens with one attached hydrogen (secondary N) is 1. The third-order valence-corrected chi connectivity index (χ3v) is 4.33. The zero-order valence-corrected chi connectivity index (χ0v) is 11.5. The van der Waals surface area contributed by atoms with E-state index >= 15 is 0 Å². The zero-order chi connectivity index (χ0) is 14.6. The van der Waals surface area contributed by atoms with Crippen LogP contribution in [0, 0.1) is 17.0 Å². The molecule has 0 radical (unpaired) electrons. The Kier molecular flexibility index (Phi) is 4.98. The van der Waals surface area contributed by atoms with Crippen molar-refractivity contribution in [2.75, 3.05) is 6.61 Å². The number of aryl methyl sites for hydroxylation is 1. The smallest absolute Gasteiger partial charge is 0.269 e.